The van der Waals surface area contributed by atoms with Crippen molar-refractivity contribution in [3.63, 3.8) is 0 Å². The number of carbonyl (C=O) groups excluding carboxylic acids is 1. The maximum absolute atomic E-state index is 12.3. The van der Waals surface area contributed by atoms with Gasteiger partial charge in [-0.25, -0.2) is 8.42 Å². The van der Waals surface area contributed by atoms with Crippen molar-refractivity contribution in [1.29, 1.82) is 0 Å². The summed E-state index contributed by atoms with van der Waals surface area (Å²) in [6, 6.07) is 2.69. The molecule has 1 aliphatic rings. The van der Waals surface area contributed by atoms with Crippen molar-refractivity contribution in [2.45, 2.75) is 17.9 Å². The molecule has 112 valence electrons. The summed E-state index contributed by atoms with van der Waals surface area (Å²) in [6.45, 7) is 2.47. The zero-order valence-electron chi connectivity index (χ0n) is 11.8. The van der Waals surface area contributed by atoms with Crippen molar-refractivity contribution in [3.05, 3.63) is 17.9 Å². The molecule has 7 heteroatoms. The van der Waals surface area contributed by atoms with Crippen LogP contribution in [0.4, 0.5) is 0 Å². The van der Waals surface area contributed by atoms with Crippen LogP contribution in [0.5, 0.6) is 0 Å². The van der Waals surface area contributed by atoms with Gasteiger partial charge in [-0.3, -0.25) is 4.79 Å². The van der Waals surface area contributed by atoms with Crippen LogP contribution in [-0.2, 0) is 10.0 Å². The Balaban J connectivity index is 2.03. The van der Waals surface area contributed by atoms with Gasteiger partial charge in [0.25, 0.3) is 10.0 Å². The minimum atomic E-state index is -3.65. The zero-order chi connectivity index (χ0) is 14.8. The third kappa shape index (κ3) is 3.28. The topological polar surface area (TPSA) is 70.8 Å². The Morgan fingerprint density at radius 1 is 1.40 bits per heavy atom. The monoisotopic (exact) mass is 300 g/mol. The van der Waals surface area contributed by atoms with Crippen LogP contribution >= 0.6 is 0 Å². The maximum Gasteiger partial charge on any atom is 0.276 e. The average Bonchev–Trinajstić information content (AvgIpc) is 2.90. The predicted molar refractivity (Wildman–Crippen MR) is 74.1 cm³/mol. The summed E-state index contributed by atoms with van der Waals surface area (Å²) in [5.74, 6) is 0.391. The lowest BCUT2D eigenvalue weighted by Gasteiger charge is -2.31. The molecule has 1 aromatic heterocycles. The minimum absolute atomic E-state index is 0.0243. The van der Waals surface area contributed by atoms with E-state index in [2.05, 4.69) is 11.9 Å². The number of hydrogen-bond acceptors (Lipinski definition) is 5. The van der Waals surface area contributed by atoms with Crippen molar-refractivity contribution >= 4 is 16.3 Å². The van der Waals surface area contributed by atoms with Gasteiger partial charge in [0.2, 0.25) is 5.09 Å². The van der Waals surface area contributed by atoms with Crippen LogP contribution in [0.25, 0.3) is 0 Å². The van der Waals surface area contributed by atoms with Gasteiger partial charge in [0.05, 0.1) is 0 Å². The summed E-state index contributed by atoms with van der Waals surface area (Å²) in [5.41, 5.74) is 0. The highest BCUT2D eigenvalue weighted by Gasteiger charge is 2.28. The van der Waals surface area contributed by atoms with E-state index in [1.54, 1.807) is 7.05 Å². The summed E-state index contributed by atoms with van der Waals surface area (Å²) in [5, 5.41) is -0.171. The lowest BCUT2D eigenvalue weighted by molar-refractivity contribution is 0.109. The number of sulfonamides is 1. The van der Waals surface area contributed by atoms with Crippen molar-refractivity contribution in [2.75, 3.05) is 33.7 Å². The SMILES string of the molecule is CN1CCC(CN(C)S(=O)(=O)c2ccc(C=O)o2)CC1. The van der Waals surface area contributed by atoms with Gasteiger partial charge in [0.1, 0.15) is 0 Å². The first-order valence-electron chi connectivity index (χ1n) is 6.63. The summed E-state index contributed by atoms with van der Waals surface area (Å²) in [4.78, 5) is 12.8. The molecule has 1 aromatic rings. The van der Waals surface area contributed by atoms with E-state index in [0.29, 0.717) is 18.7 Å². The predicted octanol–water partition coefficient (Wildman–Crippen LogP) is 1.05. The van der Waals surface area contributed by atoms with Crippen LogP contribution in [0.3, 0.4) is 0 Å². The van der Waals surface area contributed by atoms with E-state index < -0.39 is 10.0 Å². The smallest absolute Gasteiger partial charge is 0.276 e. The number of hydrogen-bond donors (Lipinski definition) is 0. The molecule has 1 fully saturated rings. The van der Waals surface area contributed by atoms with Crippen LogP contribution < -0.4 is 0 Å². The van der Waals surface area contributed by atoms with Gasteiger partial charge in [0, 0.05) is 13.6 Å². The standard InChI is InChI=1S/C13H20N2O4S/c1-14-7-5-11(6-8-14)9-15(2)20(17,18)13-4-3-12(10-16)19-13/h3-4,10-11H,5-9H2,1-2H3. The van der Waals surface area contributed by atoms with Gasteiger partial charge in [-0.05, 0) is 51.0 Å². The Hall–Kier alpha value is -1.18. The molecule has 0 aliphatic carbocycles. The van der Waals surface area contributed by atoms with Crippen LogP contribution in [0, 0.1) is 5.92 Å². The summed E-state index contributed by atoms with van der Waals surface area (Å²) >= 11 is 0. The number of nitrogens with zero attached hydrogens (tertiary/aromatic N) is 2. The van der Waals surface area contributed by atoms with E-state index in [1.165, 1.54) is 16.4 Å². The highest BCUT2D eigenvalue weighted by atomic mass is 32.2. The molecule has 20 heavy (non-hydrogen) atoms. The van der Waals surface area contributed by atoms with E-state index in [9.17, 15) is 13.2 Å². The van der Waals surface area contributed by atoms with Gasteiger partial charge in [0.15, 0.2) is 12.0 Å². The number of carbonyl (C=O) groups is 1. The fourth-order valence-corrected chi connectivity index (χ4v) is 3.55. The molecule has 0 spiro atoms. The van der Waals surface area contributed by atoms with E-state index >= 15 is 0 Å². The number of furan rings is 1. The molecule has 0 radical (unpaired) electrons. The molecule has 0 amide bonds. The molecular weight excluding hydrogens is 280 g/mol. The third-order valence-corrected chi connectivity index (χ3v) is 5.43. The Morgan fingerprint density at radius 3 is 2.60 bits per heavy atom. The number of likely N-dealkylation sites (tertiary alicyclic amines) is 1. The second-order valence-corrected chi connectivity index (χ2v) is 7.28. The molecule has 0 saturated carbocycles. The quantitative estimate of drug-likeness (QED) is 0.760. The van der Waals surface area contributed by atoms with Crippen molar-refractivity contribution < 1.29 is 17.6 Å². The lowest BCUT2D eigenvalue weighted by Crippen LogP contribution is -2.37. The molecule has 1 aliphatic heterocycles. The van der Waals surface area contributed by atoms with Gasteiger partial charge >= 0.3 is 0 Å². The van der Waals surface area contributed by atoms with Crippen LogP contribution in [0.15, 0.2) is 21.6 Å². The Bertz CT molecular complexity index is 559. The van der Waals surface area contributed by atoms with Crippen LogP contribution in [0.1, 0.15) is 23.4 Å². The van der Waals surface area contributed by atoms with E-state index in [-0.39, 0.29) is 10.9 Å². The Labute approximate surface area is 119 Å². The summed E-state index contributed by atoms with van der Waals surface area (Å²) < 4.78 is 30.9. The number of aldehydes is 1. The van der Waals surface area contributed by atoms with Crippen LogP contribution in [0.2, 0.25) is 0 Å². The van der Waals surface area contributed by atoms with Gasteiger partial charge in [-0.15, -0.1) is 0 Å². The number of piperidine rings is 1. The Morgan fingerprint density at radius 2 is 2.05 bits per heavy atom. The average molecular weight is 300 g/mol. The van der Waals surface area contributed by atoms with E-state index in [0.717, 1.165) is 25.9 Å². The van der Waals surface area contributed by atoms with Crippen molar-refractivity contribution in [2.24, 2.45) is 5.92 Å². The van der Waals surface area contributed by atoms with Crippen LogP contribution in [-0.4, -0.2) is 57.6 Å². The molecule has 0 atom stereocenters. The largest absolute Gasteiger partial charge is 0.440 e. The fraction of sp³-hybridized carbons (Fsp3) is 0.615. The molecule has 2 heterocycles. The third-order valence-electron chi connectivity index (χ3n) is 3.74. The van der Waals surface area contributed by atoms with Crippen molar-refractivity contribution in [1.82, 2.24) is 9.21 Å². The normalized spacial score (nSPS) is 18.6. The molecule has 0 N–H and O–H groups in total. The minimum Gasteiger partial charge on any atom is -0.440 e. The second-order valence-electron chi connectivity index (χ2n) is 5.31. The first-order chi connectivity index (χ1) is 9.43. The highest BCUT2D eigenvalue weighted by molar-refractivity contribution is 7.89. The lowest BCUT2D eigenvalue weighted by atomic mass is 9.97. The van der Waals surface area contributed by atoms with Gasteiger partial charge in [-0.1, -0.05) is 0 Å². The van der Waals surface area contributed by atoms with Gasteiger partial charge < -0.3 is 9.32 Å². The Kier molecular flexibility index (Phi) is 4.62. The molecular formula is C13H20N2O4S. The molecule has 0 bridgehead atoms. The molecule has 1 saturated heterocycles. The first kappa shape index (κ1) is 15.2. The van der Waals surface area contributed by atoms with Crippen molar-refractivity contribution in [3.8, 4) is 0 Å². The maximum atomic E-state index is 12.3. The van der Waals surface area contributed by atoms with Gasteiger partial charge in [-0.2, -0.15) is 4.31 Å². The summed E-state index contributed by atoms with van der Waals surface area (Å²) in [6.07, 6.45) is 2.48. The molecule has 0 aromatic carbocycles. The molecule has 6 nitrogen and oxygen atoms in total. The fourth-order valence-electron chi connectivity index (χ4n) is 2.40. The zero-order valence-corrected chi connectivity index (χ0v) is 12.6. The second kappa shape index (κ2) is 6.07. The first-order valence-corrected chi connectivity index (χ1v) is 8.07. The molecule has 2 rings (SSSR count). The number of rotatable bonds is 5. The van der Waals surface area contributed by atoms with E-state index in [1.807, 2.05) is 0 Å². The molecule has 0 unspecified atom stereocenters. The summed E-state index contributed by atoms with van der Waals surface area (Å²) in [7, 11) is -0.0247. The van der Waals surface area contributed by atoms with E-state index in [4.69, 9.17) is 4.42 Å². The highest BCUT2D eigenvalue weighted by Crippen LogP contribution is 2.22.